The van der Waals surface area contributed by atoms with Crippen LogP contribution in [-0.4, -0.2) is 55.6 Å². The lowest BCUT2D eigenvalue weighted by molar-refractivity contribution is -0.143. The SMILES string of the molecule is C=CCN(CC(=O)OCC)C(=O)c1ccc(N(C)C)nc1. The summed E-state index contributed by atoms with van der Waals surface area (Å²) in [6, 6.07) is 3.44. The first-order valence-corrected chi connectivity index (χ1v) is 6.68. The van der Waals surface area contributed by atoms with Crippen LogP contribution in [0.3, 0.4) is 0 Å². The molecular formula is C15H21N3O3. The molecule has 1 heterocycles. The largest absolute Gasteiger partial charge is 0.465 e. The number of aromatic nitrogens is 1. The van der Waals surface area contributed by atoms with Gasteiger partial charge in [0.05, 0.1) is 12.2 Å². The fourth-order valence-corrected chi connectivity index (χ4v) is 1.70. The first-order valence-electron chi connectivity index (χ1n) is 6.68. The second kappa shape index (κ2) is 8.04. The summed E-state index contributed by atoms with van der Waals surface area (Å²) in [6.45, 7) is 5.78. The monoisotopic (exact) mass is 291 g/mol. The van der Waals surface area contributed by atoms with Gasteiger partial charge in [-0.25, -0.2) is 4.98 Å². The van der Waals surface area contributed by atoms with E-state index in [-0.39, 0.29) is 25.6 Å². The Morgan fingerprint density at radius 3 is 2.57 bits per heavy atom. The number of hydrogen-bond acceptors (Lipinski definition) is 5. The summed E-state index contributed by atoms with van der Waals surface area (Å²) < 4.78 is 4.87. The lowest BCUT2D eigenvalue weighted by atomic mass is 10.2. The van der Waals surface area contributed by atoms with Crippen molar-refractivity contribution in [1.82, 2.24) is 9.88 Å². The molecule has 0 aliphatic rings. The minimum atomic E-state index is -0.439. The second-order valence-electron chi connectivity index (χ2n) is 4.58. The molecule has 6 nitrogen and oxygen atoms in total. The van der Waals surface area contributed by atoms with E-state index in [0.29, 0.717) is 5.56 Å². The molecule has 1 rings (SSSR count). The molecule has 21 heavy (non-hydrogen) atoms. The molecule has 0 atom stereocenters. The van der Waals surface area contributed by atoms with Crippen LogP contribution in [0.5, 0.6) is 0 Å². The Morgan fingerprint density at radius 2 is 2.10 bits per heavy atom. The fourth-order valence-electron chi connectivity index (χ4n) is 1.70. The number of pyridine rings is 1. The van der Waals surface area contributed by atoms with Gasteiger partial charge < -0.3 is 14.5 Å². The van der Waals surface area contributed by atoms with Gasteiger partial charge in [-0.1, -0.05) is 6.08 Å². The van der Waals surface area contributed by atoms with Crippen molar-refractivity contribution in [2.24, 2.45) is 0 Å². The van der Waals surface area contributed by atoms with E-state index in [0.717, 1.165) is 5.82 Å². The van der Waals surface area contributed by atoms with E-state index in [1.54, 1.807) is 25.1 Å². The smallest absolute Gasteiger partial charge is 0.325 e. The summed E-state index contributed by atoms with van der Waals surface area (Å²) in [6.07, 6.45) is 3.07. The van der Waals surface area contributed by atoms with Crippen LogP contribution in [0.1, 0.15) is 17.3 Å². The number of amides is 1. The average Bonchev–Trinajstić information content (AvgIpc) is 2.46. The highest BCUT2D eigenvalue weighted by Crippen LogP contribution is 2.10. The molecule has 0 aliphatic heterocycles. The predicted octanol–water partition coefficient (Wildman–Crippen LogP) is 1.34. The number of carbonyl (C=O) groups excluding carboxylic acids is 2. The Labute approximate surface area is 125 Å². The van der Waals surface area contributed by atoms with E-state index < -0.39 is 5.97 Å². The van der Waals surface area contributed by atoms with Crippen LogP contribution in [-0.2, 0) is 9.53 Å². The molecule has 0 aromatic carbocycles. The molecule has 0 bridgehead atoms. The molecule has 0 unspecified atom stereocenters. The number of nitrogens with zero attached hydrogens (tertiary/aromatic N) is 3. The van der Waals surface area contributed by atoms with E-state index in [1.165, 1.54) is 11.1 Å². The van der Waals surface area contributed by atoms with Crippen molar-refractivity contribution in [2.45, 2.75) is 6.92 Å². The van der Waals surface area contributed by atoms with Gasteiger partial charge in [0.1, 0.15) is 12.4 Å². The molecule has 0 spiro atoms. The number of ether oxygens (including phenoxy) is 1. The minimum absolute atomic E-state index is 0.103. The molecule has 1 amide bonds. The Morgan fingerprint density at radius 1 is 1.38 bits per heavy atom. The summed E-state index contributed by atoms with van der Waals surface area (Å²) in [5.41, 5.74) is 0.423. The zero-order valence-electron chi connectivity index (χ0n) is 12.7. The number of hydrogen-bond donors (Lipinski definition) is 0. The van der Waals surface area contributed by atoms with Gasteiger partial charge in [-0.3, -0.25) is 9.59 Å². The van der Waals surface area contributed by atoms with Crippen molar-refractivity contribution < 1.29 is 14.3 Å². The Balaban J connectivity index is 2.84. The van der Waals surface area contributed by atoms with E-state index in [2.05, 4.69) is 11.6 Å². The third-order valence-electron chi connectivity index (χ3n) is 2.72. The van der Waals surface area contributed by atoms with E-state index >= 15 is 0 Å². The van der Waals surface area contributed by atoms with Gasteiger partial charge >= 0.3 is 5.97 Å². The van der Waals surface area contributed by atoms with Crippen LogP contribution < -0.4 is 4.90 Å². The number of esters is 1. The van der Waals surface area contributed by atoms with Crippen LogP contribution in [0.4, 0.5) is 5.82 Å². The van der Waals surface area contributed by atoms with Gasteiger partial charge in [-0.05, 0) is 19.1 Å². The molecule has 1 aromatic rings. The third kappa shape index (κ3) is 4.91. The van der Waals surface area contributed by atoms with E-state index in [9.17, 15) is 9.59 Å². The van der Waals surface area contributed by atoms with Gasteiger partial charge in [0.15, 0.2) is 0 Å². The standard InChI is InChI=1S/C15H21N3O3/c1-5-9-18(11-14(19)21-6-2)15(20)12-7-8-13(16-10-12)17(3)4/h5,7-8,10H,1,6,9,11H2,2-4H3. The maximum absolute atomic E-state index is 12.4. The molecule has 0 saturated heterocycles. The first-order chi connectivity index (χ1) is 9.99. The lowest BCUT2D eigenvalue weighted by Gasteiger charge is -2.20. The van der Waals surface area contributed by atoms with E-state index in [1.807, 2.05) is 19.0 Å². The first kappa shape index (κ1) is 16.7. The Bertz CT molecular complexity index is 497. The van der Waals surface area contributed by atoms with Gasteiger partial charge in [0.2, 0.25) is 0 Å². The number of anilines is 1. The normalized spacial score (nSPS) is 9.86. The minimum Gasteiger partial charge on any atom is -0.465 e. The van der Waals surface area contributed by atoms with Crippen molar-refractivity contribution in [3.8, 4) is 0 Å². The highest BCUT2D eigenvalue weighted by atomic mass is 16.5. The molecule has 0 aliphatic carbocycles. The molecular weight excluding hydrogens is 270 g/mol. The maximum atomic E-state index is 12.4. The van der Waals surface area contributed by atoms with Crippen LogP contribution in [0.25, 0.3) is 0 Å². The average molecular weight is 291 g/mol. The third-order valence-corrected chi connectivity index (χ3v) is 2.72. The van der Waals surface area contributed by atoms with Crippen molar-refractivity contribution >= 4 is 17.7 Å². The summed E-state index contributed by atoms with van der Waals surface area (Å²) in [5.74, 6) is 0.0403. The van der Waals surface area contributed by atoms with Crippen LogP contribution in [0, 0.1) is 0 Å². The summed E-state index contributed by atoms with van der Waals surface area (Å²) in [7, 11) is 3.74. The van der Waals surface area contributed by atoms with Crippen molar-refractivity contribution in [3.63, 3.8) is 0 Å². The second-order valence-corrected chi connectivity index (χ2v) is 4.58. The summed E-state index contributed by atoms with van der Waals surface area (Å²) >= 11 is 0. The maximum Gasteiger partial charge on any atom is 0.325 e. The zero-order chi connectivity index (χ0) is 15.8. The number of carbonyl (C=O) groups is 2. The van der Waals surface area contributed by atoms with Crippen LogP contribution in [0.15, 0.2) is 31.0 Å². The predicted molar refractivity (Wildman–Crippen MR) is 81.3 cm³/mol. The molecule has 114 valence electrons. The Hall–Kier alpha value is -2.37. The summed E-state index contributed by atoms with van der Waals surface area (Å²) in [5, 5.41) is 0. The quantitative estimate of drug-likeness (QED) is 0.560. The van der Waals surface area contributed by atoms with Crippen molar-refractivity contribution in [2.75, 3.05) is 38.7 Å². The van der Waals surface area contributed by atoms with Gasteiger partial charge in [0, 0.05) is 26.8 Å². The molecule has 0 N–H and O–H groups in total. The number of rotatable bonds is 7. The topological polar surface area (TPSA) is 62.7 Å². The van der Waals surface area contributed by atoms with Gasteiger partial charge in [-0.15, -0.1) is 6.58 Å². The molecule has 0 radical (unpaired) electrons. The Kier molecular flexibility index (Phi) is 6.39. The highest BCUT2D eigenvalue weighted by molar-refractivity contribution is 5.96. The summed E-state index contributed by atoms with van der Waals surface area (Å²) in [4.78, 5) is 31.3. The molecule has 1 aromatic heterocycles. The zero-order valence-corrected chi connectivity index (χ0v) is 12.7. The highest BCUT2D eigenvalue weighted by Gasteiger charge is 2.18. The van der Waals surface area contributed by atoms with Crippen molar-refractivity contribution in [3.05, 3.63) is 36.5 Å². The van der Waals surface area contributed by atoms with Crippen LogP contribution in [0.2, 0.25) is 0 Å². The van der Waals surface area contributed by atoms with Crippen molar-refractivity contribution in [1.29, 1.82) is 0 Å². The molecule has 6 heteroatoms. The lowest BCUT2D eigenvalue weighted by Crippen LogP contribution is -2.36. The van der Waals surface area contributed by atoms with Crippen LogP contribution >= 0.6 is 0 Å². The molecule has 0 fully saturated rings. The fraction of sp³-hybridized carbons (Fsp3) is 0.400. The molecule has 0 saturated carbocycles. The van der Waals surface area contributed by atoms with Gasteiger partial charge in [0.25, 0.3) is 5.91 Å². The van der Waals surface area contributed by atoms with Gasteiger partial charge in [-0.2, -0.15) is 0 Å². The van der Waals surface area contributed by atoms with E-state index in [4.69, 9.17) is 4.74 Å².